The van der Waals surface area contributed by atoms with E-state index in [4.69, 9.17) is 17.3 Å². The Morgan fingerprint density at radius 2 is 2.03 bits per heavy atom. The molecule has 1 atom stereocenters. The average Bonchev–Trinajstić information content (AvgIpc) is 3.16. The van der Waals surface area contributed by atoms with Crippen LogP contribution in [0.15, 0.2) is 30.5 Å². The lowest BCUT2D eigenvalue weighted by molar-refractivity contribution is 0.0140. The summed E-state index contributed by atoms with van der Waals surface area (Å²) in [4.78, 5) is 19.6. The number of carbonyl (C=O) groups is 1. The third kappa shape index (κ3) is 5.25. The number of nitrogens with zero attached hydrogens (tertiary/aromatic N) is 2. The molecule has 0 spiro atoms. The number of aliphatic hydroxyl groups is 1. The van der Waals surface area contributed by atoms with Gasteiger partial charge in [0, 0.05) is 35.4 Å². The molecule has 7 heteroatoms. The predicted octanol–water partition coefficient (Wildman–Crippen LogP) is 4.39. The van der Waals surface area contributed by atoms with Crippen LogP contribution in [-0.4, -0.2) is 45.1 Å². The fraction of sp³-hybridized carbons (Fsp3) is 0.520. The number of nitrogens with two attached hydrogens (primary N) is 1. The summed E-state index contributed by atoms with van der Waals surface area (Å²) in [7, 11) is 0. The van der Waals surface area contributed by atoms with Gasteiger partial charge in [-0.3, -0.25) is 9.69 Å². The molecular weight excluding hydrogens is 424 g/mol. The summed E-state index contributed by atoms with van der Waals surface area (Å²) in [5.41, 5.74) is 8.58. The van der Waals surface area contributed by atoms with Gasteiger partial charge in [-0.1, -0.05) is 23.7 Å². The summed E-state index contributed by atoms with van der Waals surface area (Å²) in [6.07, 6.45) is 6.99. The van der Waals surface area contributed by atoms with Crippen LogP contribution in [0.1, 0.15) is 68.3 Å². The van der Waals surface area contributed by atoms with Gasteiger partial charge in [-0.05, 0) is 82.2 Å². The standard InChI is InChI=1S/C25H33ClN4O2/c1-16-4-3-11-30(16)15-18-6-5-17(13-22(18)26)19-12-21(23(27)28-14-19)24(31)29-20-7-9-25(2,32)10-8-20/h5-6,12-14,16,20,32H,3-4,7-11,15H2,1-2H3,(H2,27,28)(H,29,31)/t16-,20-,25-/m1/s1. The first-order valence-corrected chi connectivity index (χ1v) is 11.9. The van der Waals surface area contributed by atoms with Gasteiger partial charge >= 0.3 is 0 Å². The van der Waals surface area contributed by atoms with E-state index in [2.05, 4.69) is 28.2 Å². The zero-order valence-electron chi connectivity index (χ0n) is 18.9. The van der Waals surface area contributed by atoms with Crippen LogP contribution in [0.4, 0.5) is 5.82 Å². The Balaban J connectivity index is 1.48. The van der Waals surface area contributed by atoms with Gasteiger partial charge in [0.05, 0.1) is 11.2 Å². The molecule has 4 N–H and O–H groups in total. The fourth-order valence-electron chi connectivity index (χ4n) is 4.76. The van der Waals surface area contributed by atoms with E-state index in [9.17, 15) is 9.90 Å². The molecule has 1 saturated heterocycles. The topological polar surface area (TPSA) is 91.5 Å². The molecule has 4 rings (SSSR count). The Kier molecular flexibility index (Phi) is 6.75. The summed E-state index contributed by atoms with van der Waals surface area (Å²) in [6.45, 7) is 6.07. The first-order chi connectivity index (χ1) is 15.2. The van der Waals surface area contributed by atoms with E-state index in [0.29, 0.717) is 24.4 Å². The summed E-state index contributed by atoms with van der Waals surface area (Å²) < 4.78 is 0. The Labute approximate surface area is 195 Å². The number of likely N-dealkylation sites (tertiary alicyclic amines) is 1. The Hall–Kier alpha value is -2.15. The molecule has 2 fully saturated rings. The number of nitrogen functional groups attached to an aromatic ring is 1. The molecular formula is C25H33ClN4O2. The Bertz CT molecular complexity index is 984. The quantitative estimate of drug-likeness (QED) is 0.620. The van der Waals surface area contributed by atoms with Crippen molar-refractivity contribution in [2.75, 3.05) is 12.3 Å². The van der Waals surface area contributed by atoms with Crippen LogP contribution in [0.5, 0.6) is 0 Å². The highest BCUT2D eigenvalue weighted by molar-refractivity contribution is 6.31. The van der Waals surface area contributed by atoms with Crippen LogP contribution < -0.4 is 11.1 Å². The zero-order chi connectivity index (χ0) is 22.9. The van der Waals surface area contributed by atoms with Crippen molar-refractivity contribution in [3.05, 3.63) is 46.6 Å². The van der Waals surface area contributed by atoms with Crippen molar-refractivity contribution in [2.45, 2.75) is 76.6 Å². The van der Waals surface area contributed by atoms with Gasteiger partial charge in [-0.15, -0.1) is 0 Å². The minimum Gasteiger partial charge on any atom is -0.390 e. The van der Waals surface area contributed by atoms with E-state index in [1.807, 2.05) is 19.1 Å². The van der Waals surface area contributed by atoms with Gasteiger partial charge < -0.3 is 16.2 Å². The Morgan fingerprint density at radius 1 is 1.28 bits per heavy atom. The molecule has 0 unspecified atom stereocenters. The summed E-state index contributed by atoms with van der Waals surface area (Å²) in [5.74, 6) is -0.0195. The molecule has 1 aromatic carbocycles. The highest BCUT2D eigenvalue weighted by Gasteiger charge is 2.30. The molecule has 1 aromatic heterocycles. The number of halogens is 1. The lowest BCUT2D eigenvalue weighted by Crippen LogP contribution is -2.42. The van der Waals surface area contributed by atoms with Crippen molar-refractivity contribution in [3.63, 3.8) is 0 Å². The van der Waals surface area contributed by atoms with Crippen molar-refractivity contribution in [3.8, 4) is 11.1 Å². The van der Waals surface area contributed by atoms with Crippen LogP contribution in [-0.2, 0) is 6.54 Å². The number of rotatable bonds is 5. The molecule has 1 aliphatic heterocycles. The molecule has 1 amide bonds. The number of anilines is 1. The van der Waals surface area contributed by atoms with E-state index >= 15 is 0 Å². The molecule has 1 aliphatic carbocycles. The van der Waals surface area contributed by atoms with Crippen molar-refractivity contribution >= 4 is 23.3 Å². The van der Waals surface area contributed by atoms with Gasteiger partial charge in [0.1, 0.15) is 5.82 Å². The van der Waals surface area contributed by atoms with Crippen molar-refractivity contribution in [2.24, 2.45) is 0 Å². The Morgan fingerprint density at radius 3 is 2.69 bits per heavy atom. The maximum atomic E-state index is 12.9. The smallest absolute Gasteiger partial charge is 0.255 e. The van der Waals surface area contributed by atoms with E-state index < -0.39 is 5.60 Å². The van der Waals surface area contributed by atoms with Crippen LogP contribution in [0.2, 0.25) is 5.02 Å². The summed E-state index contributed by atoms with van der Waals surface area (Å²) in [5, 5.41) is 13.9. The second kappa shape index (κ2) is 9.38. The maximum absolute atomic E-state index is 12.9. The molecule has 2 aliphatic rings. The van der Waals surface area contributed by atoms with Gasteiger partial charge in [0.25, 0.3) is 5.91 Å². The number of pyridine rings is 1. The molecule has 1 saturated carbocycles. The van der Waals surface area contributed by atoms with Crippen molar-refractivity contribution in [1.82, 2.24) is 15.2 Å². The molecule has 2 aromatic rings. The van der Waals surface area contributed by atoms with Crippen LogP contribution in [0.25, 0.3) is 11.1 Å². The first-order valence-electron chi connectivity index (χ1n) is 11.5. The van der Waals surface area contributed by atoms with Crippen molar-refractivity contribution < 1.29 is 9.90 Å². The van der Waals surface area contributed by atoms with Gasteiger partial charge in [0.15, 0.2) is 0 Å². The summed E-state index contributed by atoms with van der Waals surface area (Å²) >= 11 is 6.62. The molecule has 2 heterocycles. The largest absolute Gasteiger partial charge is 0.390 e. The van der Waals surface area contributed by atoms with Gasteiger partial charge in [0.2, 0.25) is 0 Å². The molecule has 0 bridgehead atoms. The number of hydrogen-bond donors (Lipinski definition) is 3. The van der Waals surface area contributed by atoms with Crippen LogP contribution in [0.3, 0.4) is 0 Å². The molecule has 0 radical (unpaired) electrons. The van der Waals surface area contributed by atoms with E-state index in [1.165, 1.54) is 12.8 Å². The number of hydrogen-bond acceptors (Lipinski definition) is 5. The normalized spacial score (nSPS) is 26.2. The maximum Gasteiger partial charge on any atom is 0.255 e. The number of amides is 1. The molecule has 6 nitrogen and oxygen atoms in total. The number of aromatic nitrogens is 1. The second-order valence-electron chi connectivity index (χ2n) is 9.67. The lowest BCUT2D eigenvalue weighted by Gasteiger charge is -2.33. The fourth-order valence-corrected chi connectivity index (χ4v) is 5.00. The van der Waals surface area contributed by atoms with E-state index in [-0.39, 0.29) is 17.8 Å². The van der Waals surface area contributed by atoms with Crippen LogP contribution in [0, 0.1) is 0 Å². The predicted molar refractivity (Wildman–Crippen MR) is 129 cm³/mol. The summed E-state index contributed by atoms with van der Waals surface area (Å²) in [6, 6.07) is 8.43. The SMILES string of the molecule is C[C@@H]1CCCN1Cc1ccc(-c2cnc(N)c(C(=O)N[C@H]3CC[C@](C)(O)CC3)c2)cc1Cl. The third-order valence-electron chi connectivity index (χ3n) is 7.01. The number of benzene rings is 1. The number of nitrogens with one attached hydrogen (secondary N) is 1. The third-order valence-corrected chi connectivity index (χ3v) is 7.36. The highest BCUT2D eigenvalue weighted by atomic mass is 35.5. The zero-order valence-corrected chi connectivity index (χ0v) is 19.7. The highest BCUT2D eigenvalue weighted by Crippen LogP contribution is 2.30. The molecule has 32 heavy (non-hydrogen) atoms. The first kappa shape index (κ1) is 23.0. The van der Waals surface area contributed by atoms with Crippen molar-refractivity contribution in [1.29, 1.82) is 0 Å². The minimum absolute atomic E-state index is 0.0347. The minimum atomic E-state index is -0.639. The van der Waals surface area contributed by atoms with Crippen LogP contribution >= 0.6 is 11.6 Å². The lowest BCUT2D eigenvalue weighted by atomic mass is 9.83. The number of carbonyl (C=O) groups excluding carboxylic acids is 1. The monoisotopic (exact) mass is 456 g/mol. The average molecular weight is 457 g/mol. The van der Waals surface area contributed by atoms with E-state index in [0.717, 1.165) is 47.6 Å². The molecule has 172 valence electrons. The second-order valence-corrected chi connectivity index (χ2v) is 10.1. The van der Waals surface area contributed by atoms with E-state index in [1.54, 1.807) is 12.3 Å². The van der Waals surface area contributed by atoms with Gasteiger partial charge in [-0.2, -0.15) is 0 Å². The van der Waals surface area contributed by atoms with Gasteiger partial charge in [-0.25, -0.2) is 4.98 Å².